The lowest BCUT2D eigenvalue weighted by atomic mass is 10.1. The molecule has 0 aliphatic rings. The summed E-state index contributed by atoms with van der Waals surface area (Å²) in [5.41, 5.74) is 6.12. The molecule has 9 heteroatoms. The van der Waals surface area contributed by atoms with Crippen LogP contribution >= 0.6 is 0 Å². The molecule has 1 aromatic heterocycles. The van der Waals surface area contributed by atoms with Crippen molar-refractivity contribution in [2.45, 2.75) is 13.0 Å². The fraction of sp³-hybridized carbons (Fsp3) is 0.364. The number of hydrogen-bond acceptors (Lipinski definition) is 6. The molecule has 1 atom stereocenters. The van der Waals surface area contributed by atoms with E-state index in [-0.39, 0.29) is 17.1 Å². The van der Waals surface area contributed by atoms with Crippen molar-refractivity contribution in [2.75, 3.05) is 17.7 Å². The molecule has 0 amide bonds. The highest BCUT2D eigenvalue weighted by atomic mass is 32.2. The standard InChI is InChI=1S/C11H14FN5O2S/c1-7(6-20(2,18)19)17-11(14-15-16-17)9-5-8(13)3-4-10(9)12/h3-5,7H,6,13H2,1-2H3. The summed E-state index contributed by atoms with van der Waals surface area (Å²) in [6.45, 7) is 1.64. The van der Waals surface area contributed by atoms with Gasteiger partial charge in [0.25, 0.3) is 0 Å². The molecule has 1 unspecified atom stereocenters. The summed E-state index contributed by atoms with van der Waals surface area (Å²) in [7, 11) is -3.20. The predicted molar refractivity (Wildman–Crippen MR) is 72.0 cm³/mol. The normalized spacial score (nSPS) is 13.3. The second-order valence-electron chi connectivity index (χ2n) is 4.63. The molecule has 20 heavy (non-hydrogen) atoms. The van der Waals surface area contributed by atoms with E-state index >= 15 is 0 Å². The molecule has 0 saturated heterocycles. The summed E-state index contributed by atoms with van der Waals surface area (Å²) in [6.07, 6.45) is 1.12. The van der Waals surface area contributed by atoms with Gasteiger partial charge in [-0.3, -0.25) is 0 Å². The first-order valence-electron chi connectivity index (χ1n) is 5.79. The summed E-state index contributed by atoms with van der Waals surface area (Å²) in [5.74, 6) is -0.526. The Labute approximate surface area is 115 Å². The van der Waals surface area contributed by atoms with E-state index in [1.165, 1.54) is 22.9 Å². The lowest BCUT2D eigenvalue weighted by molar-refractivity contribution is 0.508. The van der Waals surface area contributed by atoms with Gasteiger partial charge in [0.05, 0.1) is 17.4 Å². The van der Waals surface area contributed by atoms with Crippen LogP contribution in [0.1, 0.15) is 13.0 Å². The molecule has 2 rings (SSSR count). The lowest BCUT2D eigenvalue weighted by Crippen LogP contribution is -2.18. The Bertz CT molecular complexity index is 728. The van der Waals surface area contributed by atoms with Crippen LogP contribution in [0.2, 0.25) is 0 Å². The smallest absolute Gasteiger partial charge is 0.185 e. The number of nitrogens with two attached hydrogens (primary N) is 1. The van der Waals surface area contributed by atoms with Gasteiger partial charge >= 0.3 is 0 Å². The molecule has 0 spiro atoms. The van der Waals surface area contributed by atoms with Crippen molar-refractivity contribution in [2.24, 2.45) is 0 Å². The molecule has 7 nitrogen and oxygen atoms in total. The quantitative estimate of drug-likeness (QED) is 0.832. The summed E-state index contributed by atoms with van der Waals surface area (Å²) in [6, 6.07) is 3.53. The average molecular weight is 299 g/mol. The first kappa shape index (κ1) is 14.4. The zero-order valence-corrected chi connectivity index (χ0v) is 11.8. The van der Waals surface area contributed by atoms with Crippen molar-refractivity contribution in [1.29, 1.82) is 0 Å². The van der Waals surface area contributed by atoms with E-state index in [4.69, 9.17) is 5.73 Å². The van der Waals surface area contributed by atoms with Gasteiger partial charge in [-0.15, -0.1) is 5.10 Å². The molecule has 108 valence electrons. The molecule has 2 aromatic rings. The van der Waals surface area contributed by atoms with E-state index in [9.17, 15) is 12.8 Å². The zero-order chi connectivity index (χ0) is 14.9. The van der Waals surface area contributed by atoms with Gasteiger partial charge in [0.15, 0.2) is 5.82 Å². The Morgan fingerprint density at radius 2 is 2.15 bits per heavy atom. The van der Waals surface area contributed by atoms with Crippen LogP contribution in [0.25, 0.3) is 11.4 Å². The third-order valence-corrected chi connectivity index (χ3v) is 3.77. The van der Waals surface area contributed by atoms with Crippen LogP contribution in [0.5, 0.6) is 0 Å². The Morgan fingerprint density at radius 1 is 1.45 bits per heavy atom. The van der Waals surface area contributed by atoms with Crippen molar-refractivity contribution < 1.29 is 12.8 Å². The third kappa shape index (κ3) is 3.10. The second kappa shape index (κ2) is 5.16. The highest BCUT2D eigenvalue weighted by Crippen LogP contribution is 2.24. The Morgan fingerprint density at radius 3 is 2.80 bits per heavy atom. The molecule has 0 saturated carbocycles. The molecule has 1 aromatic carbocycles. The maximum absolute atomic E-state index is 13.8. The number of rotatable bonds is 4. The van der Waals surface area contributed by atoms with Gasteiger partial charge in [-0.05, 0) is 35.5 Å². The van der Waals surface area contributed by atoms with E-state index in [1.54, 1.807) is 6.92 Å². The maximum atomic E-state index is 13.8. The van der Waals surface area contributed by atoms with E-state index in [2.05, 4.69) is 15.5 Å². The van der Waals surface area contributed by atoms with Gasteiger partial charge in [0.1, 0.15) is 15.7 Å². The molecular weight excluding hydrogens is 285 g/mol. The van der Waals surface area contributed by atoms with Crippen LogP contribution < -0.4 is 5.73 Å². The molecular formula is C11H14FN5O2S. The first-order chi connectivity index (χ1) is 9.28. The van der Waals surface area contributed by atoms with Crippen LogP contribution in [-0.2, 0) is 9.84 Å². The van der Waals surface area contributed by atoms with Crippen LogP contribution in [0.15, 0.2) is 18.2 Å². The van der Waals surface area contributed by atoms with E-state index in [0.29, 0.717) is 5.69 Å². The summed E-state index contributed by atoms with van der Waals surface area (Å²) in [5, 5.41) is 11.0. The monoisotopic (exact) mass is 299 g/mol. The average Bonchev–Trinajstić information content (AvgIpc) is 2.79. The molecule has 0 bridgehead atoms. The number of nitrogen functional groups attached to an aromatic ring is 1. The molecule has 1 heterocycles. The van der Waals surface area contributed by atoms with E-state index < -0.39 is 21.7 Å². The summed E-state index contributed by atoms with van der Waals surface area (Å²) in [4.78, 5) is 0. The van der Waals surface area contributed by atoms with Gasteiger partial charge in [-0.25, -0.2) is 17.5 Å². The van der Waals surface area contributed by atoms with Gasteiger partial charge in [-0.1, -0.05) is 0 Å². The number of anilines is 1. The maximum Gasteiger partial charge on any atom is 0.185 e. The predicted octanol–water partition coefficient (Wildman–Crippen LogP) is 0.667. The van der Waals surface area contributed by atoms with Crippen LogP contribution in [0.3, 0.4) is 0 Å². The SMILES string of the molecule is CC(CS(C)(=O)=O)n1nnnc1-c1cc(N)ccc1F. The molecule has 0 aliphatic heterocycles. The topological polar surface area (TPSA) is 104 Å². The van der Waals surface area contributed by atoms with E-state index in [1.807, 2.05) is 0 Å². The lowest BCUT2D eigenvalue weighted by Gasteiger charge is -2.12. The number of hydrogen-bond donors (Lipinski definition) is 1. The minimum Gasteiger partial charge on any atom is -0.399 e. The highest BCUT2D eigenvalue weighted by Gasteiger charge is 2.20. The van der Waals surface area contributed by atoms with Crippen molar-refractivity contribution in [3.05, 3.63) is 24.0 Å². The first-order valence-corrected chi connectivity index (χ1v) is 7.85. The fourth-order valence-corrected chi connectivity index (χ4v) is 2.91. The zero-order valence-electron chi connectivity index (χ0n) is 11.0. The van der Waals surface area contributed by atoms with Crippen molar-refractivity contribution in [1.82, 2.24) is 20.2 Å². The highest BCUT2D eigenvalue weighted by molar-refractivity contribution is 7.90. The minimum atomic E-state index is -3.20. The number of tetrazole rings is 1. The number of sulfone groups is 1. The largest absolute Gasteiger partial charge is 0.399 e. The van der Waals surface area contributed by atoms with Gasteiger partial charge in [0, 0.05) is 11.9 Å². The van der Waals surface area contributed by atoms with Crippen LogP contribution in [0.4, 0.5) is 10.1 Å². The fourth-order valence-electron chi connectivity index (χ4n) is 1.89. The van der Waals surface area contributed by atoms with E-state index in [0.717, 1.165) is 6.26 Å². The van der Waals surface area contributed by atoms with Crippen LogP contribution in [-0.4, -0.2) is 40.6 Å². The van der Waals surface area contributed by atoms with Crippen LogP contribution in [0, 0.1) is 5.82 Å². The Kier molecular flexibility index (Phi) is 3.71. The van der Waals surface area contributed by atoms with Crippen molar-refractivity contribution in [3.8, 4) is 11.4 Å². The van der Waals surface area contributed by atoms with Gasteiger partial charge < -0.3 is 5.73 Å². The molecule has 0 radical (unpaired) electrons. The second-order valence-corrected chi connectivity index (χ2v) is 6.81. The summed E-state index contributed by atoms with van der Waals surface area (Å²) >= 11 is 0. The number of benzene rings is 1. The third-order valence-electron chi connectivity index (χ3n) is 2.69. The van der Waals surface area contributed by atoms with Gasteiger partial charge in [-0.2, -0.15) is 0 Å². The minimum absolute atomic E-state index is 0.135. The van der Waals surface area contributed by atoms with Crippen molar-refractivity contribution >= 4 is 15.5 Å². The van der Waals surface area contributed by atoms with Gasteiger partial charge in [0.2, 0.25) is 0 Å². The number of nitrogens with zero attached hydrogens (tertiary/aromatic N) is 4. The number of halogens is 1. The molecule has 0 fully saturated rings. The Balaban J connectivity index is 2.45. The summed E-state index contributed by atoms with van der Waals surface area (Å²) < 4.78 is 37.8. The molecule has 0 aliphatic carbocycles. The Hall–Kier alpha value is -2.03. The number of aromatic nitrogens is 4. The van der Waals surface area contributed by atoms with Crippen molar-refractivity contribution in [3.63, 3.8) is 0 Å². The molecule has 2 N–H and O–H groups in total.